The first-order valence-electron chi connectivity index (χ1n) is 16.2. The minimum Gasteiger partial charge on any atom is -0.496 e. The molecule has 1 saturated heterocycles. The molecule has 3 fully saturated rings. The molecule has 53 heavy (non-hydrogen) atoms. The van der Waals surface area contributed by atoms with Gasteiger partial charge in [0.1, 0.15) is 17.6 Å². The minimum atomic E-state index is -7.19. The SMILES string of the molecule is COc1cccc2c1C(=O)[C@H]1[C@@H](O)[C@H]3[C@H](C[C@@](O)(C(C)=NN=CC(F)(F)C(F)(F)C(F)(F)C(F)(F)F)C[C@@H]3O[C@H]3C[C@@H](N)[C@@H](O)[C@@H](C)O3)[C@@H](O)[C@H]1C2=O. The molecule has 3 aliphatic carbocycles. The molecule has 1 aliphatic heterocycles. The molecule has 0 radical (unpaired) electrons. The van der Waals surface area contributed by atoms with Gasteiger partial charge >= 0.3 is 23.9 Å². The van der Waals surface area contributed by atoms with Gasteiger partial charge in [-0.1, -0.05) is 12.1 Å². The van der Waals surface area contributed by atoms with Gasteiger partial charge in [-0.05, 0) is 32.3 Å². The minimum absolute atomic E-state index is 0.0175. The number of carbonyl (C=O) groups excluding carboxylic acids is 2. The Hall–Kier alpha value is -3.21. The summed E-state index contributed by atoms with van der Waals surface area (Å²) in [6.07, 6.45) is -18.2. The van der Waals surface area contributed by atoms with Crippen LogP contribution in [-0.2, 0) is 9.47 Å². The third kappa shape index (κ3) is 6.64. The van der Waals surface area contributed by atoms with Crippen molar-refractivity contribution in [3.63, 3.8) is 0 Å². The fourth-order valence-electron chi connectivity index (χ4n) is 7.80. The highest BCUT2D eigenvalue weighted by Gasteiger charge is 2.81. The lowest BCUT2D eigenvalue weighted by Crippen LogP contribution is -2.66. The lowest BCUT2D eigenvalue weighted by atomic mass is 9.52. The lowest BCUT2D eigenvalue weighted by molar-refractivity contribution is -0.384. The lowest BCUT2D eigenvalue weighted by Gasteiger charge is -2.56. The number of nitrogens with two attached hydrogens (primary N) is 1. The molecule has 12 nitrogen and oxygen atoms in total. The van der Waals surface area contributed by atoms with Crippen LogP contribution >= 0.6 is 0 Å². The maximum absolute atomic E-state index is 14.1. The largest absolute Gasteiger partial charge is 0.496 e. The van der Waals surface area contributed by atoms with Gasteiger partial charge in [-0.2, -0.15) is 49.7 Å². The fraction of sp³-hybridized carbons (Fsp3) is 0.688. The van der Waals surface area contributed by atoms with Gasteiger partial charge < -0.3 is 40.4 Å². The van der Waals surface area contributed by atoms with E-state index in [2.05, 4.69) is 10.2 Å². The van der Waals surface area contributed by atoms with Crippen molar-refractivity contribution in [1.29, 1.82) is 0 Å². The zero-order chi connectivity index (χ0) is 39.8. The molecule has 2 saturated carbocycles. The smallest absolute Gasteiger partial charge is 0.460 e. The second-order valence-electron chi connectivity index (χ2n) is 13.9. The van der Waals surface area contributed by atoms with Crippen molar-refractivity contribution in [2.45, 2.75) is 106 Å². The number of Topliss-reactive ketones (excluding diaryl/α,β-unsaturated/α-hetero) is 2. The van der Waals surface area contributed by atoms with Crippen LogP contribution in [0.4, 0.5) is 39.5 Å². The van der Waals surface area contributed by atoms with Crippen LogP contribution in [0.1, 0.15) is 53.8 Å². The molecule has 5 rings (SSSR count). The van der Waals surface area contributed by atoms with Crippen LogP contribution in [0.15, 0.2) is 28.4 Å². The molecule has 21 heteroatoms. The van der Waals surface area contributed by atoms with Crippen LogP contribution in [0.5, 0.6) is 5.75 Å². The third-order valence-electron chi connectivity index (χ3n) is 10.7. The fourth-order valence-corrected chi connectivity index (χ4v) is 7.80. The molecule has 0 amide bonds. The highest BCUT2D eigenvalue weighted by molar-refractivity contribution is 6.18. The predicted molar refractivity (Wildman–Crippen MR) is 162 cm³/mol. The van der Waals surface area contributed by atoms with E-state index in [-0.39, 0.29) is 23.3 Å². The number of benzene rings is 1. The van der Waals surface area contributed by atoms with E-state index in [4.69, 9.17) is 19.9 Å². The summed E-state index contributed by atoms with van der Waals surface area (Å²) in [6, 6.07) is 3.23. The van der Waals surface area contributed by atoms with Crippen LogP contribution in [-0.4, -0.2) is 123 Å². The van der Waals surface area contributed by atoms with Crippen molar-refractivity contribution in [3.8, 4) is 5.75 Å². The molecule has 0 bridgehead atoms. The van der Waals surface area contributed by atoms with E-state index >= 15 is 0 Å². The number of nitrogens with zero attached hydrogens (tertiary/aromatic N) is 2. The predicted octanol–water partition coefficient (Wildman–Crippen LogP) is 2.92. The molecule has 1 aromatic carbocycles. The molecule has 1 aromatic rings. The van der Waals surface area contributed by atoms with Crippen molar-refractivity contribution < 1.29 is 83.7 Å². The number of aliphatic hydroxyl groups is 4. The van der Waals surface area contributed by atoms with Gasteiger partial charge in [0.05, 0.1) is 60.7 Å². The molecular weight excluding hydrogens is 741 g/mol. The standard InChI is InChI=1S/C32H36F9N3O9/c1-11-23(45)15(42)7-18(52-11)53-17-9-28(50,12(2)44-43-10-29(33,34)30(35,36)31(37,38)32(39,40)41)8-14-20(17)27(49)22-21(25(14)47)24(46)13-5-4-6-16(51-3)19(13)26(22)48/h4-6,10-11,14-15,17-18,20-23,25,27,45,47,49-50H,7-9,42H2,1-3H3/t11-,14+,15-,17+,18+,20+,21-,22+,23+,25-,27+,28+/m1/s1. The summed E-state index contributed by atoms with van der Waals surface area (Å²) in [6.45, 7) is 2.37. The number of ketones is 2. The van der Waals surface area contributed by atoms with Gasteiger partial charge in [-0.15, -0.1) is 0 Å². The van der Waals surface area contributed by atoms with E-state index in [1.807, 2.05) is 0 Å². The monoisotopic (exact) mass is 777 g/mol. The number of alkyl halides is 9. The van der Waals surface area contributed by atoms with Crippen LogP contribution in [0.25, 0.3) is 0 Å². The van der Waals surface area contributed by atoms with Gasteiger partial charge in [0, 0.05) is 30.4 Å². The second-order valence-corrected chi connectivity index (χ2v) is 13.9. The second kappa shape index (κ2) is 13.8. The van der Waals surface area contributed by atoms with Gasteiger partial charge in [0.2, 0.25) is 0 Å². The van der Waals surface area contributed by atoms with Gasteiger partial charge in [-0.25, -0.2) is 0 Å². The summed E-state index contributed by atoms with van der Waals surface area (Å²) in [4.78, 5) is 27.7. The number of carbonyl (C=O) groups is 2. The van der Waals surface area contributed by atoms with Gasteiger partial charge in [-0.3, -0.25) is 9.59 Å². The van der Waals surface area contributed by atoms with E-state index in [1.54, 1.807) is 0 Å². The summed E-state index contributed by atoms with van der Waals surface area (Å²) in [5.74, 6) is -27.7. The Morgan fingerprint density at radius 1 is 0.962 bits per heavy atom. The van der Waals surface area contributed by atoms with E-state index in [1.165, 1.54) is 32.2 Å². The van der Waals surface area contributed by atoms with Crippen LogP contribution in [0, 0.1) is 23.7 Å². The van der Waals surface area contributed by atoms with Crippen LogP contribution < -0.4 is 10.5 Å². The Morgan fingerprint density at radius 3 is 2.17 bits per heavy atom. The van der Waals surface area contributed by atoms with E-state index < -0.39 is 132 Å². The number of hydrogen-bond acceptors (Lipinski definition) is 12. The number of hydrogen-bond donors (Lipinski definition) is 5. The number of fused-ring (bicyclic) bond motifs is 3. The molecule has 0 spiro atoms. The molecule has 296 valence electrons. The van der Waals surface area contributed by atoms with Crippen LogP contribution in [0.2, 0.25) is 0 Å². The first kappa shape index (κ1) is 41.0. The van der Waals surface area contributed by atoms with Crippen molar-refractivity contribution in [2.24, 2.45) is 39.6 Å². The number of rotatable bonds is 8. The number of halogens is 9. The Kier molecular flexibility index (Phi) is 10.7. The summed E-state index contributed by atoms with van der Waals surface area (Å²) in [7, 11) is 1.25. The van der Waals surface area contributed by atoms with Crippen molar-refractivity contribution in [3.05, 3.63) is 29.3 Å². The Balaban J connectivity index is 1.53. The Morgan fingerprint density at radius 2 is 1.58 bits per heavy atom. The summed E-state index contributed by atoms with van der Waals surface area (Å²) < 4.78 is 137. The normalized spacial score (nSPS) is 37.3. The summed E-state index contributed by atoms with van der Waals surface area (Å²) in [5, 5.41) is 51.5. The zero-order valence-electron chi connectivity index (χ0n) is 28.0. The van der Waals surface area contributed by atoms with Crippen molar-refractivity contribution in [1.82, 2.24) is 0 Å². The van der Waals surface area contributed by atoms with Crippen molar-refractivity contribution >= 4 is 23.5 Å². The van der Waals surface area contributed by atoms with E-state index in [9.17, 15) is 69.5 Å². The van der Waals surface area contributed by atoms with E-state index in [0.717, 1.165) is 6.92 Å². The molecule has 4 aliphatic rings. The number of ether oxygens (including phenoxy) is 3. The average Bonchev–Trinajstić information content (AvgIpc) is 3.06. The first-order chi connectivity index (χ1) is 24.3. The number of methoxy groups -OCH3 is 1. The summed E-state index contributed by atoms with van der Waals surface area (Å²) >= 11 is 0. The highest BCUT2D eigenvalue weighted by Crippen LogP contribution is 2.55. The molecule has 0 aromatic heterocycles. The van der Waals surface area contributed by atoms with Gasteiger partial charge in [0.25, 0.3) is 0 Å². The quantitative estimate of drug-likeness (QED) is 0.149. The average molecular weight is 778 g/mol. The van der Waals surface area contributed by atoms with E-state index in [0.29, 0.717) is 0 Å². The molecule has 6 N–H and O–H groups in total. The molecular formula is C32H36F9N3O9. The molecule has 1 heterocycles. The zero-order valence-corrected chi connectivity index (χ0v) is 28.0. The van der Waals surface area contributed by atoms with Gasteiger partial charge in [0.15, 0.2) is 17.9 Å². The topological polar surface area (TPSA) is 193 Å². The Bertz CT molecular complexity index is 1650. The third-order valence-corrected chi connectivity index (χ3v) is 10.7. The highest BCUT2D eigenvalue weighted by atomic mass is 19.4. The maximum Gasteiger partial charge on any atom is 0.460 e. The maximum atomic E-state index is 14.1. The van der Waals surface area contributed by atoms with Crippen LogP contribution in [0.3, 0.4) is 0 Å². The molecule has 12 atom stereocenters. The Labute approximate surface area is 294 Å². The number of aliphatic hydroxyl groups excluding tert-OH is 3. The summed E-state index contributed by atoms with van der Waals surface area (Å²) in [5.41, 5.74) is 2.59. The van der Waals surface area contributed by atoms with Crippen molar-refractivity contribution in [2.75, 3.05) is 7.11 Å². The molecule has 0 unspecified atom stereocenters. The first-order valence-corrected chi connectivity index (χ1v) is 16.2.